The highest BCUT2D eigenvalue weighted by atomic mass is 19.4. The van der Waals surface area contributed by atoms with Gasteiger partial charge in [-0.3, -0.25) is 4.90 Å². The molecule has 102 valence electrons. The molecular formula is C12H18F3N3. The summed E-state index contributed by atoms with van der Waals surface area (Å²) in [7, 11) is 0. The molecule has 18 heavy (non-hydrogen) atoms. The Labute approximate surface area is 105 Å². The molecule has 2 aliphatic rings. The maximum absolute atomic E-state index is 12.5. The average molecular weight is 261 g/mol. The van der Waals surface area contributed by atoms with Crippen molar-refractivity contribution in [2.75, 3.05) is 39.3 Å². The van der Waals surface area contributed by atoms with Crippen molar-refractivity contribution in [3.63, 3.8) is 0 Å². The Morgan fingerprint density at radius 2 is 1.67 bits per heavy atom. The first kappa shape index (κ1) is 13.6. The molecule has 0 amide bonds. The van der Waals surface area contributed by atoms with Crippen LogP contribution in [0.3, 0.4) is 0 Å². The van der Waals surface area contributed by atoms with Crippen LogP contribution in [-0.2, 0) is 0 Å². The third-order valence-corrected chi connectivity index (χ3v) is 3.67. The zero-order valence-electron chi connectivity index (χ0n) is 10.3. The summed E-state index contributed by atoms with van der Waals surface area (Å²) in [5.74, 6) is -1.04. The van der Waals surface area contributed by atoms with Crippen LogP contribution in [0.15, 0.2) is 0 Å². The second-order valence-corrected chi connectivity index (χ2v) is 5.27. The Morgan fingerprint density at radius 3 is 2.11 bits per heavy atom. The van der Waals surface area contributed by atoms with E-state index < -0.39 is 12.1 Å². The zero-order valence-corrected chi connectivity index (χ0v) is 10.3. The number of piperazine rings is 1. The van der Waals surface area contributed by atoms with Crippen LogP contribution in [0, 0.1) is 23.2 Å². The van der Waals surface area contributed by atoms with Gasteiger partial charge in [-0.1, -0.05) is 0 Å². The van der Waals surface area contributed by atoms with Crippen LogP contribution in [0.2, 0.25) is 0 Å². The van der Waals surface area contributed by atoms with Crippen molar-refractivity contribution in [3.8, 4) is 6.07 Å². The quantitative estimate of drug-likeness (QED) is 0.772. The number of alkyl halides is 3. The van der Waals surface area contributed by atoms with Gasteiger partial charge in [0.2, 0.25) is 0 Å². The van der Waals surface area contributed by atoms with Crippen LogP contribution < -0.4 is 0 Å². The summed E-state index contributed by atoms with van der Waals surface area (Å²) in [6.45, 7) is 3.84. The number of hydrogen-bond acceptors (Lipinski definition) is 3. The monoisotopic (exact) mass is 261 g/mol. The Morgan fingerprint density at radius 1 is 1.11 bits per heavy atom. The zero-order chi connectivity index (χ0) is 13.2. The fourth-order valence-electron chi connectivity index (χ4n) is 2.30. The molecule has 6 heteroatoms. The maximum atomic E-state index is 12.5. The number of rotatable bonds is 4. The highest BCUT2D eigenvalue weighted by Crippen LogP contribution is 2.30. The molecule has 0 aromatic carbocycles. The number of hydrogen-bond donors (Lipinski definition) is 0. The minimum atomic E-state index is -4.40. The third kappa shape index (κ3) is 3.85. The first-order valence-electron chi connectivity index (χ1n) is 6.40. The fourth-order valence-corrected chi connectivity index (χ4v) is 2.30. The summed E-state index contributed by atoms with van der Waals surface area (Å²) in [4.78, 5) is 4.08. The minimum absolute atomic E-state index is 0.183. The predicted molar refractivity (Wildman–Crippen MR) is 60.8 cm³/mol. The normalized spacial score (nSPS) is 24.8. The molecule has 1 saturated carbocycles. The summed E-state index contributed by atoms with van der Waals surface area (Å²) in [5.41, 5.74) is 0. The van der Waals surface area contributed by atoms with Crippen molar-refractivity contribution in [3.05, 3.63) is 0 Å². The summed E-state index contributed by atoms with van der Waals surface area (Å²) in [6, 6.07) is 1.36. The Bertz CT molecular complexity index is 312. The lowest BCUT2D eigenvalue weighted by Crippen LogP contribution is -2.49. The first-order chi connectivity index (χ1) is 8.49. The van der Waals surface area contributed by atoms with Gasteiger partial charge >= 0.3 is 6.18 Å². The lowest BCUT2D eigenvalue weighted by molar-refractivity contribution is -0.164. The summed E-state index contributed by atoms with van der Waals surface area (Å²) in [5, 5.41) is 8.56. The molecule has 1 aliphatic heterocycles. The van der Waals surface area contributed by atoms with Crippen molar-refractivity contribution in [1.82, 2.24) is 9.80 Å². The molecule has 0 radical (unpaired) electrons. The van der Waals surface area contributed by atoms with E-state index in [0.29, 0.717) is 13.1 Å². The van der Waals surface area contributed by atoms with E-state index in [9.17, 15) is 13.2 Å². The van der Waals surface area contributed by atoms with Gasteiger partial charge in [0.05, 0.1) is 6.07 Å². The second-order valence-electron chi connectivity index (χ2n) is 5.27. The molecule has 1 unspecified atom stereocenters. The molecule has 3 nitrogen and oxygen atoms in total. The summed E-state index contributed by atoms with van der Waals surface area (Å²) in [6.07, 6.45) is -1.81. The van der Waals surface area contributed by atoms with Crippen molar-refractivity contribution in [2.45, 2.75) is 19.0 Å². The molecule has 0 bridgehead atoms. The third-order valence-electron chi connectivity index (χ3n) is 3.67. The molecule has 1 atom stereocenters. The molecule has 0 aromatic heterocycles. The molecule has 0 aromatic rings. The molecule has 2 fully saturated rings. The Hall–Kier alpha value is -0.800. The van der Waals surface area contributed by atoms with Gasteiger partial charge in [-0.25, -0.2) is 0 Å². The Balaban J connectivity index is 1.73. The van der Waals surface area contributed by atoms with E-state index >= 15 is 0 Å². The largest absolute Gasteiger partial charge is 0.405 e. The smallest absolute Gasteiger partial charge is 0.301 e. The van der Waals surface area contributed by atoms with Crippen LogP contribution in [0.5, 0.6) is 0 Å². The molecular weight excluding hydrogens is 243 g/mol. The van der Waals surface area contributed by atoms with Gasteiger partial charge in [0.25, 0.3) is 0 Å². The van der Waals surface area contributed by atoms with Crippen LogP contribution in [0.25, 0.3) is 0 Å². The summed E-state index contributed by atoms with van der Waals surface area (Å²) < 4.78 is 37.4. The number of nitrogens with zero attached hydrogens (tertiary/aromatic N) is 3. The van der Waals surface area contributed by atoms with Gasteiger partial charge < -0.3 is 4.90 Å². The van der Waals surface area contributed by atoms with E-state index in [2.05, 4.69) is 4.90 Å². The van der Waals surface area contributed by atoms with Gasteiger partial charge in [0.1, 0.15) is 0 Å². The number of nitriles is 1. The van der Waals surface area contributed by atoms with E-state index in [1.807, 2.05) is 0 Å². The molecule has 1 aliphatic carbocycles. The van der Waals surface area contributed by atoms with Gasteiger partial charge in [-0.05, 0) is 18.8 Å². The van der Waals surface area contributed by atoms with E-state index in [1.165, 1.54) is 18.9 Å². The van der Waals surface area contributed by atoms with Crippen molar-refractivity contribution >= 4 is 0 Å². The average Bonchev–Trinajstić information content (AvgIpc) is 3.10. The van der Waals surface area contributed by atoms with Gasteiger partial charge in [0.15, 0.2) is 5.92 Å². The highest BCUT2D eigenvalue weighted by molar-refractivity contribution is 4.91. The molecule has 1 saturated heterocycles. The highest BCUT2D eigenvalue weighted by Gasteiger charge is 2.41. The molecule has 2 rings (SSSR count). The molecule has 0 N–H and O–H groups in total. The summed E-state index contributed by atoms with van der Waals surface area (Å²) >= 11 is 0. The molecule has 1 heterocycles. The van der Waals surface area contributed by atoms with Crippen molar-refractivity contribution in [2.24, 2.45) is 11.8 Å². The lowest BCUT2D eigenvalue weighted by Gasteiger charge is -2.35. The SMILES string of the molecule is N#CC(CN1CCN(CC2CC2)CC1)C(F)(F)F. The van der Waals surface area contributed by atoms with E-state index in [0.717, 1.165) is 25.6 Å². The predicted octanol–water partition coefficient (Wildman–Crippen LogP) is 1.72. The van der Waals surface area contributed by atoms with Crippen LogP contribution in [-0.4, -0.2) is 55.2 Å². The van der Waals surface area contributed by atoms with E-state index in [1.54, 1.807) is 4.90 Å². The van der Waals surface area contributed by atoms with E-state index in [-0.39, 0.29) is 6.54 Å². The fraction of sp³-hybridized carbons (Fsp3) is 0.917. The van der Waals surface area contributed by atoms with Crippen LogP contribution in [0.1, 0.15) is 12.8 Å². The van der Waals surface area contributed by atoms with E-state index in [4.69, 9.17) is 5.26 Å². The minimum Gasteiger partial charge on any atom is -0.301 e. The van der Waals surface area contributed by atoms with Crippen LogP contribution >= 0.6 is 0 Å². The Kier molecular flexibility index (Phi) is 4.13. The van der Waals surface area contributed by atoms with Crippen molar-refractivity contribution < 1.29 is 13.2 Å². The van der Waals surface area contributed by atoms with Crippen LogP contribution in [0.4, 0.5) is 13.2 Å². The van der Waals surface area contributed by atoms with Gasteiger partial charge in [0, 0.05) is 39.3 Å². The standard InChI is InChI=1S/C12H18F3N3/c13-12(14,15)11(7-16)9-18-5-3-17(4-6-18)8-10-1-2-10/h10-11H,1-6,8-9H2. The van der Waals surface area contributed by atoms with Crippen molar-refractivity contribution in [1.29, 1.82) is 5.26 Å². The van der Waals surface area contributed by atoms with Gasteiger partial charge in [-0.15, -0.1) is 0 Å². The first-order valence-corrected chi connectivity index (χ1v) is 6.40. The second kappa shape index (κ2) is 5.45. The molecule has 0 spiro atoms. The topological polar surface area (TPSA) is 30.3 Å². The maximum Gasteiger partial charge on any atom is 0.405 e. The number of halogens is 3. The lowest BCUT2D eigenvalue weighted by atomic mass is 10.1. The van der Waals surface area contributed by atoms with Gasteiger partial charge in [-0.2, -0.15) is 18.4 Å².